The Labute approximate surface area is 191 Å². The zero-order valence-corrected chi connectivity index (χ0v) is 19.4. The number of fused-ring (bicyclic) bond motifs is 1. The summed E-state index contributed by atoms with van der Waals surface area (Å²) in [6.45, 7) is 1.96. The average molecular weight is 497 g/mol. The van der Waals surface area contributed by atoms with Crippen LogP contribution in [0, 0.1) is 12.7 Å². The summed E-state index contributed by atoms with van der Waals surface area (Å²) in [5.74, 6) is -1.67. The maximum atomic E-state index is 13.9. The van der Waals surface area contributed by atoms with E-state index in [2.05, 4.69) is 14.3 Å². The Morgan fingerprint density at radius 1 is 1.31 bits per heavy atom. The number of esters is 1. The molecule has 9 nitrogen and oxygen atoms in total. The molecule has 1 amide bonds. The highest BCUT2D eigenvalue weighted by Crippen LogP contribution is 2.37. The fourth-order valence-corrected chi connectivity index (χ4v) is 6.71. The van der Waals surface area contributed by atoms with E-state index in [4.69, 9.17) is 4.74 Å². The van der Waals surface area contributed by atoms with Crippen LogP contribution in [0.2, 0.25) is 0 Å². The SMILES string of the molecule is COC(=O)c1c(S(=O)(=O)Nc2ccc(C)c(F)c2)sc2c1CCN(C(=O)c1csnn1)C2. The molecule has 3 aromatic rings. The first-order valence-electron chi connectivity index (χ1n) is 9.29. The van der Waals surface area contributed by atoms with Gasteiger partial charge < -0.3 is 9.64 Å². The van der Waals surface area contributed by atoms with Gasteiger partial charge in [-0.3, -0.25) is 9.52 Å². The predicted molar refractivity (Wildman–Crippen MR) is 116 cm³/mol. The number of halogens is 1. The molecule has 0 saturated heterocycles. The van der Waals surface area contributed by atoms with Crippen LogP contribution in [0.25, 0.3) is 0 Å². The second-order valence-electron chi connectivity index (χ2n) is 6.99. The minimum absolute atomic E-state index is 0.0307. The number of methoxy groups -OCH3 is 1. The molecule has 168 valence electrons. The lowest BCUT2D eigenvalue weighted by molar-refractivity contribution is 0.0595. The molecule has 4 rings (SSSR count). The van der Waals surface area contributed by atoms with Crippen LogP contribution in [0.4, 0.5) is 10.1 Å². The van der Waals surface area contributed by atoms with Gasteiger partial charge in [0, 0.05) is 16.8 Å². The Bertz CT molecular complexity index is 1300. The molecular formula is C19H17FN4O5S3. The number of carbonyl (C=O) groups excluding carboxylic acids is 2. The monoisotopic (exact) mass is 496 g/mol. The number of nitrogens with zero attached hydrogens (tertiary/aromatic N) is 3. The molecule has 32 heavy (non-hydrogen) atoms. The molecular weight excluding hydrogens is 479 g/mol. The predicted octanol–water partition coefficient (Wildman–Crippen LogP) is 2.83. The van der Waals surface area contributed by atoms with E-state index >= 15 is 0 Å². The number of sulfonamides is 1. The van der Waals surface area contributed by atoms with E-state index in [-0.39, 0.29) is 46.6 Å². The van der Waals surface area contributed by atoms with E-state index in [0.717, 1.165) is 28.9 Å². The zero-order valence-electron chi connectivity index (χ0n) is 16.9. The lowest BCUT2D eigenvalue weighted by atomic mass is 10.0. The molecule has 0 atom stereocenters. The molecule has 3 heterocycles. The summed E-state index contributed by atoms with van der Waals surface area (Å²) < 4.78 is 50.8. The molecule has 1 aliphatic heterocycles. The molecule has 1 aliphatic rings. The van der Waals surface area contributed by atoms with Gasteiger partial charge in [-0.25, -0.2) is 17.6 Å². The Kier molecular flexibility index (Phi) is 5.97. The van der Waals surface area contributed by atoms with Crippen LogP contribution in [0.3, 0.4) is 0 Å². The van der Waals surface area contributed by atoms with Crippen molar-refractivity contribution >= 4 is 50.5 Å². The Hall–Kier alpha value is -2.90. The molecule has 0 bridgehead atoms. The van der Waals surface area contributed by atoms with E-state index in [1.807, 2.05) is 0 Å². The summed E-state index contributed by atoms with van der Waals surface area (Å²) >= 11 is 1.94. The number of anilines is 1. The van der Waals surface area contributed by atoms with Gasteiger partial charge in [0.05, 0.1) is 24.9 Å². The number of aryl methyl sites for hydroxylation is 1. The van der Waals surface area contributed by atoms with Gasteiger partial charge in [0.1, 0.15) is 5.82 Å². The van der Waals surface area contributed by atoms with Crippen molar-refractivity contribution in [1.82, 2.24) is 14.5 Å². The number of aromatic nitrogens is 2. The van der Waals surface area contributed by atoms with Crippen LogP contribution in [-0.4, -0.2) is 48.4 Å². The molecule has 0 unspecified atom stereocenters. The maximum Gasteiger partial charge on any atom is 0.340 e. The van der Waals surface area contributed by atoms with E-state index in [1.165, 1.54) is 29.5 Å². The number of hydrogen-bond acceptors (Lipinski definition) is 9. The third-order valence-corrected chi connectivity index (χ3v) is 8.57. The van der Waals surface area contributed by atoms with Crippen LogP contribution >= 0.6 is 22.9 Å². The van der Waals surface area contributed by atoms with Gasteiger partial charge in [0.2, 0.25) is 0 Å². The lowest BCUT2D eigenvalue weighted by Crippen LogP contribution is -2.36. The third-order valence-electron chi connectivity index (χ3n) is 4.95. The van der Waals surface area contributed by atoms with Crippen molar-refractivity contribution in [3.8, 4) is 0 Å². The van der Waals surface area contributed by atoms with Crippen molar-refractivity contribution in [2.75, 3.05) is 18.4 Å². The van der Waals surface area contributed by atoms with Gasteiger partial charge in [-0.2, -0.15) is 0 Å². The Balaban J connectivity index is 1.70. The molecule has 1 N–H and O–H groups in total. The highest BCUT2D eigenvalue weighted by molar-refractivity contribution is 7.94. The van der Waals surface area contributed by atoms with E-state index in [9.17, 15) is 22.4 Å². The van der Waals surface area contributed by atoms with Crippen LogP contribution in [-0.2, 0) is 27.7 Å². The highest BCUT2D eigenvalue weighted by atomic mass is 32.2. The van der Waals surface area contributed by atoms with Gasteiger partial charge in [-0.15, -0.1) is 16.4 Å². The standard InChI is InChI=1S/C19H17FN4O5S3/c1-10-3-4-11(7-13(10)20)22-32(27,28)19-16(18(26)29-2)12-5-6-24(8-15(12)31-19)17(25)14-9-30-23-21-14/h3-4,7,9,22H,5-6,8H2,1-2H3. The normalized spacial score (nSPS) is 13.5. The minimum Gasteiger partial charge on any atom is -0.465 e. The Morgan fingerprint density at radius 2 is 2.09 bits per heavy atom. The molecule has 1 aromatic carbocycles. The summed E-state index contributed by atoms with van der Waals surface area (Å²) in [6.07, 6.45) is 0.272. The fourth-order valence-electron chi connectivity index (χ4n) is 3.33. The first-order valence-corrected chi connectivity index (χ1v) is 12.4. The number of nitrogens with one attached hydrogen (secondary N) is 1. The van der Waals surface area contributed by atoms with E-state index in [0.29, 0.717) is 16.0 Å². The van der Waals surface area contributed by atoms with Gasteiger partial charge in [0.25, 0.3) is 15.9 Å². The smallest absolute Gasteiger partial charge is 0.340 e. The van der Waals surface area contributed by atoms with Gasteiger partial charge >= 0.3 is 5.97 Å². The first-order chi connectivity index (χ1) is 15.2. The summed E-state index contributed by atoms with van der Waals surface area (Å²) in [5, 5.41) is 5.32. The first kappa shape index (κ1) is 22.3. The van der Waals surface area contributed by atoms with Crippen molar-refractivity contribution < 1.29 is 27.1 Å². The molecule has 0 radical (unpaired) electrons. The average Bonchev–Trinajstić information content (AvgIpc) is 3.43. The topological polar surface area (TPSA) is 119 Å². The maximum absolute atomic E-state index is 13.9. The summed E-state index contributed by atoms with van der Waals surface area (Å²) in [7, 11) is -3.06. The number of carbonyl (C=O) groups is 2. The Morgan fingerprint density at radius 3 is 2.75 bits per heavy atom. The number of amides is 1. The lowest BCUT2D eigenvalue weighted by Gasteiger charge is -2.26. The third kappa shape index (κ3) is 4.10. The summed E-state index contributed by atoms with van der Waals surface area (Å²) in [6, 6.07) is 3.95. The number of hydrogen-bond donors (Lipinski definition) is 1. The molecule has 0 spiro atoms. The van der Waals surface area contributed by atoms with E-state index in [1.54, 1.807) is 6.92 Å². The largest absolute Gasteiger partial charge is 0.465 e. The molecule has 0 saturated carbocycles. The quantitative estimate of drug-likeness (QED) is 0.540. The van der Waals surface area contributed by atoms with Crippen molar-refractivity contribution in [2.24, 2.45) is 0 Å². The van der Waals surface area contributed by atoms with E-state index < -0.39 is 21.8 Å². The van der Waals surface area contributed by atoms with Crippen molar-refractivity contribution in [1.29, 1.82) is 0 Å². The van der Waals surface area contributed by atoms with Crippen LogP contribution in [0.1, 0.15) is 36.9 Å². The van der Waals surface area contributed by atoms with Crippen molar-refractivity contribution in [3.05, 3.63) is 56.7 Å². The molecule has 0 fully saturated rings. The minimum atomic E-state index is -4.23. The number of thiophene rings is 1. The highest BCUT2D eigenvalue weighted by Gasteiger charge is 2.35. The number of benzene rings is 1. The second-order valence-corrected chi connectivity index (χ2v) is 10.6. The second kappa shape index (κ2) is 8.56. The zero-order chi connectivity index (χ0) is 23.0. The van der Waals surface area contributed by atoms with Crippen LogP contribution in [0.5, 0.6) is 0 Å². The van der Waals surface area contributed by atoms with Gasteiger partial charge in [-0.05, 0) is 48.1 Å². The van der Waals surface area contributed by atoms with Crippen molar-refractivity contribution in [3.63, 3.8) is 0 Å². The van der Waals surface area contributed by atoms with Gasteiger partial charge in [0.15, 0.2) is 9.90 Å². The van der Waals surface area contributed by atoms with Crippen LogP contribution < -0.4 is 4.72 Å². The van der Waals surface area contributed by atoms with Crippen LogP contribution in [0.15, 0.2) is 27.8 Å². The number of rotatable bonds is 5. The number of ether oxygens (including phenoxy) is 1. The molecule has 2 aromatic heterocycles. The summed E-state index contributed by atoms with van der Waals surface area (Å²) in [4.78, 5) is 27.2. The summed E-state index contributed by atoms with van der Waals surface area (Å²) in [5.41, 5.74) is 1.07. The fraction of sp³-hybridized carbons (Fsp3) is 0.263. The van der Waals surface area contributed by atoms with Crippen molar-refractivity contribution in [2.45, 2.75) is 24.1 Å². The molecule has 0 aliphatic carbocycles. The molecule has 13 heteroatoms. The van der Waals surface area contributed by atoms with Gasteiger partial charge in [-0.1, -0.05) is 10.6 Å².